The van der Waals surface area contributed by atoms with Crippen molar-refractivity contribution in [3.8, 4) is 51.2 Å². The molecule has 0 aliphatic rings. The third-order valence-electron chi connectivity index (χ3n) is 10.1. The SMILES string of the molecule is CCCCc1ccc(-c2ccc3c(c2)c2cc(-c4ccc(CCCC)cn4)ccc2n3-c2nc(-c3ccc(C)cc3)nc(-c3ccc(C)cc3)n2)nc1. The van der Waals surface area contributed by atoms with E-state index in [1.807, 2.05) is 12.4 Å². The first-order valence-electron chi connectivity index (χ1n) is 18.9. The van der Waals surface area contributed by atoms with Gasteiger partial charge in [-0.25, -0.2) is 4.98 Å². The molecule has 4 heterocycles. The van der Waals surface area contributed by atoms with Gasteiger partial charge in [-0.05, 0) is 87.1 Å². The van der Waals surface area contributed by atoms with E-state index in [2.05, 4.69) is 141 Å². The van der Waals surface area contributed by atoms with Crippen LogP contribution in [0.2, 0.25) is 0 Å². The zero-order valence-corrected chi connectivity index (χ0v) is 31.0. The van der Waals surface area contributed by atoms with Crippen molar-refractivity contribution in [2.45, 2.75) is 66.2 Å². The van der Waals surface area contributed by atoms with Crippen LogP contribution in [0.15, 0.2) is 122 Å². The van der Waals surface area contributed by atoms with Gasteiger partial charge in [-0.3, -0.25) is 14.5 Å². The normalized spacial score (nSPS) is 11.5. The zero-order valence-electron chi connectivity index (χ0n) is 31.0. The summed E-state index contributed by atoms with van der Waals surface area (Å²) in [7, 11) is 0. The molecule has 4 aromatic heterocycles. The van der Waals surface area contributed by atoms with Gasteiger partial charge >= 0.3 is 0 Å². The molecule has 0 saturated heterocycles. The molecule has 0 aliphatic carbocycles. The lowest BCUT2D eigenvalue weighted by molar-refractivity contribution is 0.792. The first-order chi connectivity index (χ1) is 26.0. The van der Waals surface area contributed by atoms with Crippen LogP contribution in [-0.4, -0.2) is 29.5 Å². The fourth-order valence-electron chi connectivity index (χ4n) is 6.93. The largest absolute Gasteiger partial charge is 0.278 e. The molecule has 0 atom stereocenters. The maximum absolute atomic E-state index is 5.16. The van der Waals surface area contributed by atoms with E-state index in [4.69, 9.17) is 24.9 Å². The lowest BCUT2D eigenvalue weighted by atomic mass is 10.0. The Kier molecular flexibility index (Phi) is 9.60. The van der Waals surface area contributed by atoms with Gasteiger partial charge in [0.1, 0.15) is 0 Å². The molecule has 0 aliphatic heterocycles. The molecular weight excluding hydrogens is 649 g/mol. The van der Waals surface area contributed by atoms with Gasteiger partial charge in [-0.1, -0.05) is 111 Å². The van der Waals surface area contributed by atoms with E-state index in [-0.39, 0.29) is 0 Å². The van der Waals surface area contributed by atoms with Crippen LogP contribution >= 0.6 is 0 Å². The van der Waals surface area contributed by atoms with Crippen LogP contribution in [0.5, 0.6) is 0 Å². The summed E-state index contributed by atoms with van der Waals surface area (Å²) < 4.78 is 2.18. The number of benzene rings is 4. The summed E-state index contributed by atoms with van der Waals surface area (Å²) in [6.45, 7) is 8.63. The molecule has 262 valence electrons. The summed E-state index contributed by atoms with van der Waals surface area (Å²) in [6, 6.07) is 38.6. The third kappa shape index (κ3) is 7.10. The molecule has 0 amide bonds. The second-order valence-electron chi connectivity index (χ2n) is 14.1. The Morgan fingerprint density at radius 2 is 0.906 bits per heavy atom. The van der Waals surface area contributed by atoms with Crippen LogP contribution in [0.3, 0.4) is 0 Å². The van der Waals surface area contributed by atoms with Gasteiger partial charge in [0.2, 0.25) is 5.95 Å². The second kappa shape index (κ2) is 14.9. The van der Waals surface area contributed by atoms with E-state index < -0.39 is 0 Å². The predicted molar refractivity (Wildman–Crippen MR) is 218 cm³/mol. The van der Waals surface area contributed by atoms with Crippen molar-refractivity contribution in [3.63, 3.8) is 0 Å². The quantitative estimate of drug-likeness (QED) is 0.135. The highest BCUT2D eigenvalue weighted by atomic mass is 15.2. The Hall–Kier alpha value is -6.01. The van der Waals surface area contributed by atoms with Crippen LogP contribution in [0.1, 0.15) is 61.8 Å². The molecule has 0 spiro atoms. The van der Waals surface area contributed by atoms with Crippen LogP contribution in [-0.2, 0) is 12.8 Å². The predicted octanol–water partition coefficient (Wildman–Crippen LogP) is 11.7. The van der Waals surface area contributed by atoms with Gasteiger partial charge in [0.15, 0.2) is 11.6 Å². The van der Waals surface area contributed by atoms with Crippen LogP contribution < -0.4 is 0 Å². The molecule has 0 bridgehead atoms. The maximum atomic E-state index is 5.16. The van der Waals surface area contributed by atoms with Crippen LogP contribution in [0, 0.1) is 13.8 Å². The smallest absolute Gasteiger partial charge is 0.238 e. The van der Waals surface area contributed by atoms with E-state index in [0.29, 0.717) is 17.6 Å². The molecule has 0 saturated carbocycles. The Labute approximate surface area is 311 Å². The lowest BCUT2D eigenvalue weighted by Gasteiger charge is -2.11. The van der Waals surface area contributed by atoms with Crippen molar-refractivity contribution in [1.29, 1.82) is 0 Å². The first kappa shape index (κ1) is 34.1. The van der Waals surface area contributed by atoms with Crippen molar-refractivity contribution in [2.24, 2.45) is 0 Å². The van der Waals surface area contributed by atoms with E-state index >= 15 is 0 Å². The first-order valence-corrected chi connectivity index (χ1v) is 18.9. The Balaban J connectivity index is 1.33. The molecule has 0 radical (unpaired) electrons. The summed E-state index contributed by atoms with van der Waals surface area (Å²) in [5.41, 5.74) is 12.9. The number of rotatable bonds is 11. The van der Waals surface area contributed by atoms with Gasteiger partial charge in [0.05, 0.1) is 22.4 Å². The minimum atomic E-state index is 0.573. The molecule has 8 rings (SSSR count). The van der Waals surface area contributed by atoms with Gasteiger partial charge in [-0.2, -0.15) is 9.97 Å². The third-order valence-corrected chi connectivity index (χ3v) is 10.1. The second-order valence-corrected chi connectivity index (χ2v) is 14.1. The number of pyridine rings is 2. The number of unbranched alkanes of at least 4 members (excludes halogenated alkanes) is 2. The monoisotopic (exact) mass is 692 g/mol. The van der Waals surface area contributed by atoms with E-state index in [9.17, 15) is 0 Å². The molecular formula is C47H44N6. The topological polar surface area (TPSA) is 69.4 Å². The lowest BCUT2D eigenvalue weighted by Crippen LogP contribution is -2.06. The van der Waals surface area contributed by atoms with Gasteiger partial charge in [0.25, 0.3) is 0 Å². The number of nitrogens with zero attached hydrogens (tertiary/aromatic N) is 6. The van der Waals surface area contributed by atoms with E-state index in [0.717, 1.165) is 68.3 Å². The zero-order chi connectivity index (χ0) is 36.3. The molecule has 6 heteroatoms. The highest BCUT2D eigenvalue weighted by Gasteiger charge is 2.19. The highest BCUT2D eigenvalue weighted by molar-refractivity contribution is 6.11. The number of aryl methyl sites for hydroxylation is 4. The molecule has 8 aromatic rings. The summed E-state index contributed by atoms with van der Waals surface area (Å²) >= 11 is 0. The van der Waals surface area contributed by atoms with Crippen LogP contribution in [0.25, 0.3) is 73.0 Å². The molecule has 53 heavy (non-hydrogen) atoms. The fraction of sp³-hybridized carbons (Fsp3) is 0.213. The van der Waals surface area contributed by atoms with Crippen LogP contribution in [0.4, 0.5) is 0 Å². The molecule has 0 unspecified atom stereocenters. The maximum Gasteiger partial charge on any atom is 0.238 e. The summed E-state index contributed by atoms with van der Waals surface area (Å²) in [4.78, 5) is 25.1. The van der Waals surface area contributed by atoms with Gasteiger partial charge in [0, 0.05) is 45.4 Å². The Bertz CT molecular complexity index is 2340. The fourth-order valence-corrected chi connectivity index (χ4v) is 6.93. The summed E-state index contributed by atoms with van der Waals surface area (Å²) in [5, 5.41) is 2.20. The average molecular weight is 693 g/mol. The number of hydrogen-bond acceptors (Lipinski definition) is 5. The van der Waals surface area contributed by atoms with Crippen molar-refractivity contribution in [2.75, 3.05) is 0 Å². The minimum absolute atomic E-state index is 0.573. The van der Waals surface area contributed by atoms with Crippen molar-refractivity contribution < 1.29 is 0 Å². The average Bonchev–Trinajstić information content (AvgIpc) is 3.53. The molecule has 4 aromatic carbocycles. The number of aromatic nitrogens is 6. The Morgan fingerprint density at radius 1 is 0.472 bits per heavy atom. The molecule has 0 fully saturated rings. The van der Waals surface area contributed by atoms with E-state index in [1.165, 1.54) is 47.9 Å². The van der Waals surface area contributed by atoms with Crippen molar-refractivity contribution >= 4 is 21.8 Å². The standard InChI is InChI=1S/C47H44N6/c1-5-7-9-33-15-23-41(48-29-33)37-21-25-43-39(27-37)40-28-38(42-24-16-34(30-49-42)10-8-6-2)22-26-44(40)53(43)47-51-45(35-17-11-31(3)12-18-35)50-46(52-47)36-19-13-32(4)14-20-36/h11-30H,5-10H2,1-4H3. The molecule has 0 N–H and O–H groups in total. The van der Waals surface area contributed by atoms with Crippen molar-refractivity contribution in [1.82, 2.24) is 29.5 Å². The van der Waals surface area contributed by atoms with Gasteiger partial charge in [-0.15, -0.1) is 0 Å². The van der Waals surface area contributed by atoms with E-state index in [1.54, 1.807) is 0 Å². The van der Waals surface area contributed by atoms with Crippen molar-refractivity contribution in [3.05, 3.63) is 144 Å². The Morgan fingerprint density at radius 3 is 1.30 bits per heavy atom. The minimum Gasteiger partial charge on any atom is -0.278 e. The highest BCUT2D eigenvalue weighted by Crippen LogP contribution is 2.37. The summed E-state index contributed by atoms with van der Waals surface area (Å²) in [5.74, 6) is 1.84. The number of fused-ring (bicyclic) bond motifs is 3. The number of hydrogen-bond donors (Lipinski definition) is 0. The summed E-state index contributed by atoms with van der Waals surface area (Å²) in [6.07, 6.45) is 10.8. The van der Waals surface area contributed by atoms with Gasteiger partial charge < -0.3 is 0 Å². The molecule has 6 nitrogen and oxygen atoms in total.